The van der Waals surface area contributed by atoms with Gasteiger partial charge in [0.1, 0.15) is 11.6 Å². The third-order valence-corrected chi connectivity index (χ3v) is 12.3. The number of nitrogens with zero attached hydrogens (tertiary/aromatic N) is 4. The molecule has 9 nitrogen and oxygen atoms in total. The van der Waals surface area contributed by atoms with Crippen molar-refractivity contribution in [2.24, 2.45) is 11.8 Å². The van der Waals surface area contributed by atoms with Crippen molar-refractivity contribution in [3.05, 3.63) is 35.4 Å². The van der Waals surface area contributed by atoms with Gasteiger partial charge in [0.25, 0.3) is 0 Å². The van der Waals surface area contributed by atoms with Crippen LogP contribution in [0.4, 0.5) is 8.78 Å². The van der Waals surface area contributed by atoms with Gasteiger partial charge in [-0.2, -0.15) is 10.6 Å². The van der Waals surface area contributed by atoms with Gasteiger partial charge in [-0.1, -0.05) is 13.8 Å². The van der Waals surface area contributed by atoms with E-state index in [2.05, 4.69) is 18.7 Å². The van der Waals surface area contributed by atoms with Crippen LogP contribution in [0.5, 0.6) is 0 Å². The highest BCUT2D eigenvalue weighted by Gasteiger charge is 2.34. The van der Waals surface area contributed by atoms with E-state index >= 15 is 0 Å². The van der Waals surface area contributed by atoms with E-state index < -0.39 is 32.2 Å². The SMILES string of the molecule is CC(C)CN(C(=O)CN1CCS(O)(O)CC1)C1CCN(CC[C@@H](c2cc(F)cc(F)c2)C2CCN(S(C)(=O)=O)CC2)CC1. The minimum Gasteiger partial charge on any atom is -0.338 e. The summed E-state index contributed by atoms with van der Waals surface area (Å²) in [5.74, 6) is -0.0627. The Morgan fingerprint density at radius 1 is 0.953 bits per heavy atom. The first kappa shape index (κ1) is 34.5. The predicted molar refractivity (Wildman–Crippen MR) is 168 cm³/mol. The van der Waals surface area contributed by atoms with Gasteiger partial charge in [-0.3, -0.25) is 18.8 Å². The van der Waals surface area contributed by atoms with E-state index in [-0.39, 0.29) is 23.8 Å². The zero-order valence-corrected chi connectivity index (χ0v) is 27.5. The van der Waals surface area contributed by atoms with Gasteiger partial charge in [0.2, 0.25) is 15.9 Å². The fourth-order valence-corrected chi connectivity index (χ4v) is 9.08. The van der Waals surface area contributed by atoms with Gasteiger partial charge in [-0.05, 0) is 74.1 Å². The molecule has 0 spiro atoms. The summed E-state index contributed by atoms with van der Waals surface area (Å²) in [4.78, 5) is 19.9. The Hall–Kier alpha value is -1.35. The lowest BCUT2D eigenvalue weighted by molar-refractivity contribution is -0.136. The summed E-state index contributed by atoms with van der Waals surface area (Å²) in [7, 11) is -5.77. The van der Waals surface area contributed by atoms with E-state index in [9.17, 15) is 31.1 Å². The molecule has 13 heteroatoms. The molecule has 1 aromatic carbocycles. The van der Waals surface area contributed by atoms with E-state index in [0.717, 1.165) is 45.0 Å². The van der Waals surface area contributed by atoms with Gasteiger partial charge in [0.15, 0.2) is 0 Å². The molecule has 3 heterocycles. The van der Waals surface area contributed by atoms with Crippen LogP contribution in [0.25, 0.3) is 0 Å². The maximum Gasteiger partial charge on any atom is 0.237 e. The number of piperidine rings is 2. The number of benzene rings is 1. The molecule has 0 bridgehead atoms. The van der Waals surface area contributed by atoms with Crippen molar-refractivity contribution in [3.8, 4) is 0 Å². The van der Waals surface area contributed by atoms with Crippen LogP contribution in [0.1, 0.15) is 57.4 Å². The Labute approximate surface area is 258 Å². The zero-order chi connectivity index (χ0) is 31.4. The van der Waals surface area contributed by atoms with E-state index in [1.807, 2.05) is 9.80 Å². The van der Waals surface area contributed by atoms with Gasteiger partial charge in [-0.25, -0.2) is 21.5 Å². The molecule has 3 aliphatic heterocycles. The van der Waals surface area contributed by atoms with Gasteiger partial charge < -0.3 is 9.80 Å². The predicted octanol–water partition coefficient (Wildman–Crippen LogP) is 4.13. The number of likely N-dealkylation sites (tertiary alicyclic amines) is 1. The number of hydrogen-bond acceptors (Lipinski definition) is 7. The van der Waals surface area contributed by atoms with Crippen LogP contribution in [-0.4, -0.2) is 125 Å². The molecule has 1 amide bonds. The Balaban J connectivity index is 1.35. The summed E-state index contributed by atoms with van der Waals surface area (Å²) in [5, 5.41) is 0. The van der Waals surface area contributed by atoms with Crippen LogP contribution in [-0.2, 0) is 14.8 Å². The number of carbonyl (C=O) groups excluding carboxylic acids is 1. The van der Waals surface area contributed by atoms with Crippen LogP contribution in [0.15, 0.2) is 18.2 Å². The number of carbonyl (C=O) groups is 1. The second-order valence-corrected chi connectivity index (χ2v) is 17.5. The van der Waals surface area contributed by atoms with E-state index in [1.165, 1.54) is 22.7 Å². The number of halogens is 2. The smallest absolute Gasteiger partial charge is 0.237 e. The Bertz CT molecular complexity index is 1160. The summed E-state index contributed by atoms with van der Waals surface area (Å²) in [5.41, 5.74) is 0.637. The first-order valence-electron chi connectivity index (χ1n) is 15.6. The van der Waals surface area contributed by atoms with E-state index in [1.54, 1.807) is 0 Å². The molecule has 1 aromatic rings. The van der Waals surface area contributed by atoms with Crippen LogP contribution >= 0.6 is 10.6 Å². The molecule has 1 atom stereocenters. The molecule has 0 unspecified atom stereocenters. The van der Waals surface area contributed by atoms with Crippen LogP contribution in [0.2, 0.25) is 0 Å². The fraction of sp³-hybridized carbons (Fsp3) is 0.767. The maximum atomic E-state index is 14.2. The van der Waals surface area contributed by atoms with Gasteiger partial charge in [0, 0.05) is 57.9 Å². The number of rotatable bonds is 11. The molecule has 3 saturated heterocycles. The molecule has 3 aliphatic rings. The number of sulfonamides is 1. The molecule has 4 rings (SSSR count). The summed E-state index contributed by atoms with van der Waals surface area (Å²) >= 11 is 0. The topological polar surface area (TPSA) is 105 Å². The van der Waals surface area contributed by atoms with E-state index in [4.69, 9.17) is 0 Å². The highest BCUT2D eigenvalue weighted by Crippen LogP contribution is 2.40. The summed E-state index contributed by atoms with van der Waals surface area (Å²) < 4.78 is 73.8. The first-order chi connectivity index (χ1) is 20.2. The zero-order valence-electron chi connectivity index (χ0n) is 25.8. The second-order valence-electron chi connectivity index (χ2n) is 13.1. The minimum absolute atomic E-state index is 0.0772. The molecule has 0 aromatic heterocycles. The number of amides is 1. The van der Waals surface area contributed by atoms with Gasteiger partial charge in [-0.15, -0.1) is 0 Å². The van der Waals surface area contributed by atoms with Crippen molar-refractivity contribution in [1.82, 2.24) is 19.0 Å². The molecule has 0 radical (unpaired) electrons. The second kappa shape index (κ2) is 14.8. The van der Waals surface area contributed by atoms with Crippen molar-refractivity contribution in [1.29, 1.82) is 0 Å². The lowest BCUT2D eigenvalue weighted by atomic mass is 9.78. The standard InChI is InChI=1S/C30H50F2N4O5S2/c1-23(2)21-36(30(37)22-34-14-16-43(40,41)17-15-34)28-6-9-33(10-7-28)11-8-29(25-18-26(31)20-27(32)19-25)24-4-12-35(13-5-24)42(3,38)39/h18-20,23-24,28-29,40-41H,4-17,21-22H2,1-3H3/t29-/m1/s1. The molecule has 0 saturated carbocycles. The molecule has 246 valence electrons. The molecule has 2 N–H and O–H groups in total. The lowest BCUT2D eigenvalue weighted by Gasteiger charge is -2.43. The van der Waals surface area contributed by atoms with Crippen molar-refractivity contribution in [2.75, 3.05) is 76.7 Å². The fourth-order valence-electron chi connectivity index (χ4n) is 6.90. The molecular weight excluding hydrogens is 598 g/mol. The maximum absolute atomic E-state index is 14.2. The van der Waals surface area contributed by atoms with Crippen molar-refractivity contribution >= 4 is 26.5 Å². The average Bonchev–Trinajstić information content (AvgIpc) is 2.92. The largest absolute Gasteiger partial charge is 0.338 e. The van der Waals surface area contributed by atoms with Gasteiger partial charge >= 0.3 is 0 Å². The van der Waals surface area contributed by atoms with Crippen LogP contribution in [0, 0.1) is 23.5 Å². The summed E-state index contributed by atoms with van der Waals surface area (Å²) in [6.07, 6.45) is 4.95. The highest BCUT2D eigenvalue weighted by atomic mass is 32.3. The minimum atomic E-state index is -3.27. The number of hydrogen-bond donors (Lipinski definition) is 2. The van der Waals surface area contributed by atoms with Crippen LogP contribution < -0.4 is 0 Å². The van der Waals surface area contributed by atoms with Gasteiger partial charge in [0.05, 0.1) is 24.3 Å². The van der Waals surface area contributed by atoms with Crippen molar-refractivity contribution in [3.63, 3.8) is 0 Å². The Morgan fingerprint density at radius 3 is 2.07 bits per heavy atom. The summed E-state index contributed by atoms with van der Waals surface area (Å²) in [6, 6.07) is 3.87. The normalized spacial score (nSPS) is 23.3. The molecule has 0 aliphatic carbocycles. The Morgan fingerprint density at radius 2 is 1.53 bits per heavy atom. The highest BCUT2D eigenvalue weighted by molar-refractivity contribution is 8.24. The monoisotopic (exact) mass is 648 g/mol. The quantitative estimate of drug-likeness (QED) is 0.372. The molecular formula is C30H50F2N4O5S2. The average molecular weight is 649 g/mol. The lowest BCUT2D eigenvalue weighted by Crippen LogP contribution is -2.52. The first-order valence-corrected chi connectivity index (χ1v) is 19.3. The Kier molecular flexibility index (Phi) is 11.9. The van der Waals surface area contributed by atoms with E-state index in [0.29, 0.717) is 75.1 Å². The third kappa shape index (κ3) is 10.1. The molecule has 43 heavy (non-hydrogen) atoms. The third-order valence-electron chi connectivity index (χ3n) is 9.31. The van der Waals surface area contributed by atoms with Crippen molar-refractivity contribution < 1.29 is 31.1 Å². The van der Waals surface area contributed by atoms with Crippen molar-refractivity contribution in [2.45, 2.75) is 57.9 Å². The molecule has 3 fully saturated rings. The van der Waals surface area contributed by atoms with Crippen LogP contribution in [0.3, 0.4) is 0 Å². The summed E-state index contributed by atoms with van der Waals surface area (Å²) in [6.45, 7) is 9.51.